The number of rotatable bonds is 4. The first-order chi connectivity index (χ1) is 13.3. The summed E-state index contributed by atoms with van der Waals surface area (Å²) in [5.41, 5.74) is 0.432. The Hall–Kier alpha value is -1.66. The molecule has 1 aromatic carbocycles. The van der Waals surface area contributed by atoms with Gasteiger partial charge in [0.15, 0.2) is 0 Å². The molecule has 2 heterocycles. The molecule has 1 N–H and O–H groups in total. The van der Waals surface area contributed by atoms with Crippen LogP contribution in [0.15, 0.2) is 18.2 Å². The van der Waals surface area contributed by atoms with E-state index in [1.807, 2.05) is 18.7 Å². The molecule has 1 aromatic rings. The SMILES string of the molecule is CC(C)NC(=O)C1CCN(C2CCN(C(=O)c3ccc(F)c(Cl)c3)CC2)CC1. The molecule has 0 bridgehead atoms. The Morgan fingerprint density at radius 2 is 1.75 bits per heavy atom. The van der Waals surface area contributed by atoms with Gasteiger partial charge < -0.3 is 15.1 Å². The molecule has 2 saturated heterocycles. The quantitative estimate of drug-likeness (QED) is 0.829. The summed E-state index contributed by atoms with van der Waals surface area (Å²) < 4.78 is 13.3. The highest BCUT2D eigenvalue weighted by Gasteiger charge is 2.32. The summed E-state index contributed by atoms with van der Waals surface area (Å²) in [7, 11) is 0. The summed E-state index contributed by atoms with van der Waals surface area (Å²) in [6.45, 7) is 7.22. The predicted octanol–water partition coefficient (Wildman–Crippen LogP) is 3.32. The van der Waals surface area contributed by atoms with Gasteiger partial charge in [0, 0.05) is 36.7 Å². The van der Waals surface area contributed by atoms with E-state index in [1.165, 1.54) is 18.2 Å². The largest absolute Gasteiger partial charge is 0.354 e. The molecule has 0 saturated carbocycles. The molecular formula is C21H29ClFN3O2. The van der Waals surface area contributed by atoms with Crippen LogP contribution in [0.5, 0.6) is 0 Å². The number of halogens is 2. The molecule has 5 nitrogen and oxygen atoms in total. The smallest absolute Gasteiger partial charge is 0.253 e. The highest BCUT2D eigenvalue weighted by atomic mass is 35.5. The third-order valence-electron chi connectivity index (χ3n) is 5.77. The van der Waals surface area contributed by atoms with Gasteiger partial charge in [0.2, 0.25) is 5.91 Å². The van der Waals surface area contributed by atoms with Gasteiger partial charge in [0.1, 0.15) is 5.82 Å². The number of amides is 2. The van der Waals surface area contributed by atoms with E-state index in [9.17, 15) is 14.0 Å². The molecule has 7 heteroatoms. The van der Waals surface area contributed by atoms with Crippen molar-refractivity contribution in [2.75, 3.05) is 26.2 Å². The number of hydrogen-bond acceptors (Lipinski definition) is 3. The Morgan fingerprint density at radius 3 is 2.32 bits per heavy atom. The number of carbonyl (C=O) groups excluding carboxylic acids is 2. The molecule has 0 unspecified atom stereocenters. The number of benzene rings is 1. The second kappa shape index (κ2) is 9.23. The zero-order valence-electron chi connectivity index (χ0n) is 16.6. The van der Waals surface area contributed by atoms with E-state index in [0.29, 0.717) is 24.7 Å². The van der Waals surface area contributed by atoms with Crippen LogP contribution >= 0.6 is 11.6 Å². The highest BCUT2D eigenvalue weighted by Crippen LogP contribution is 2.25. The fourth-order valence-corrected chi connectivity index (χ4v) is 4.36. The summed E-state index contributed by atoms with van der Waals surface area (Å²) in [5, 5.41) is 2.99. The van der Waals surface area contributed by atoms with Crippen molar-refractivity contribution >= 4 is 23.4 Å². The summed E-state index contributed by atoms with van der Waals surface area (Å²) in [4.78, 5) is 29.1. The molecule has 0 spiro atoms. The van der Waals surface area contributed by atoms with Crippen LogP contribution in [0.4, 0.5) is 4.39 Å². The summed E-state index contributed by atoms with van der Waals surface area (Å²) in [5.74, 6) is -0.316. The van der Waals surface area contributed by atoms with Crippen LogP contribution in [0.3, 0.4) is 0 Å². The minimum atomic E-state index is -0.512. The molecule has 2 fully saturated rings. The van der Waals surface area contributed by atoms with Crippen LogP contribution < -0.4 is 5.32 Å². The van der Waals surface area contributed by atoms with Crippen LogP contribution in [0, 0.1) is 11.7 Å². The van der Waals surface area contributed by atoms with Gasteiger partial charge in [0.05, 0.1) is 5.02 Å². The average molecular weight is 410 g/mol. The lowest BCUT2D eigenvalue weighted by Crippen LogP contribution is -2.50. The summed E-state index contributed by atoms with van der Waals surface area (Å²) in [6, 6.07) is 4.77. The Bertz CT molecular complexity index is 712. The molecule has 0 atom stereocenters. The maximum atomic E-state index is 13.3. The average Bonchev–Trinajstić information content (AvgIpc) is 2.69. The predicted molar refractivity (Wildman–Crippen MR) is 108 cm³/mol. The Labute approximate surface area is 171 Å². The number of hydrogen-bond donors (Lipinski definition) is 1. The second-order valence-electron chi connectivity index (χ2n) is 8.13. The molecule has 2 aliphatic rings. The van der Waals surface area contributed by atoms with E-state index >= 15 is 0 Å². The zero-order valence-corrected chi connectivity index (χ0v) is 17.3. The summed E-state index contributed by atoms with van der Waals surface area (Å²) in [6.07, 6.45) is 3.63. The molecule has 28 heavy (non-hydrogen) atoms. The minimum absolute atomic E-state index is 0.0230. The molecular weight excluding hydrogens is 381 g/mol. The number of nitrogens with one attached hydrogen (secondary N) is 1. The van der Waals surface area contributed by atoms with E-state index in [1.54, 1.807) is 0 Å². The first-order valence-electron chi connectivity index (χ1n) is 10.1. The van der Waals surface area contributed by atoms with Gasteiger partial charge in [-0.2, -0.15) is 0 Å². The lowest BCUT2D eigenvalue weighted by Gasteiger charge is -2.41. The number of nitrogens with zero attached hydrogens (tertiary/aromatic N) is 2. The molecule has 3 rings (SSSR count). The second-order valence-corrected chi connectivity index (χ2v) is 8.53. The normalized spacial score (nSPS) is 19.8. The topological polar surface area (TPSA) is 52.7 Å². The van der Waals surface area contributed by atoms with Crippen molar-refractivity contribution in [2.24, 2.45) is 5.92 Å². The van der Waals surface area contributed by atoms with E-state index in [4.69, 9.17) is 11.6 Å². The van der Waals surface area contributed by atoms with E-state index < -0.39 is 5.82 Å². The van der Waals surface area contributed by atoms with Crippen LogP contribution in [0.1, 0.15) is 49.9 Å². The first-order valence-corrected chi connectivity index (χ1v) is 10.5. The van der Waals surface area contributed by atoms with Crippen LogP contribution in [0.2, 0.25) is 5.02 Å². The van der Waals surface area contributed by atoms with Crippen molar-refractivity contribution < 1.29 is 14.0 Å². The van der Waals surface area contributed by atoms with Gasteiger partial charge >= 0.3 is 0 Å². The van der Waals surface area contributed by atoms with E-state index in [-0.39, 0.29) is 28.8 Å². The maximum absolute atomic E-state index is 13.3. The fourth-order valence-electron chi connectivity index (χ4n) is 4.17. The Balaban J connectivity index is 1.47. The number of likely N-dealkylation sites (tertiary alicyclic amines) is 2. The lowest BCUT2D eigenvalue weighted by molar-refractivity contribution is -0.127. The van der Waals surface area contributed by atoms with Gasteiger partial charge in [0.25, 0.3) is 5.91 Å². The fraction of sp³-hybridized carbons (Fsp3) is 0.619. The molecule has 2 amide bonds. The number of carbonyl (C=O) groups is 2. The minimum Gasteiger partial charge on any atom is -0.354 e. The van der Waals surface area contributed by atoms with E-state index in [2.05, 4.69) is 10.2 Å². The zero-order chi connectivity index (χ0) is 20.3. The molecule has 0 radical (unpaired) electrons. The lowest BCUT2D eigenvalue weighted by atomic mass is 9.92. The molecule has 2 aliphatic heterocycles. The van der Waals surface area contributed by atoms with Gasteiger partial charge in [-0.25, -0.2) is 4.39 Å². The standard InChI is InChI=1S/C21H29ClFN3O2/c1-14(2)24-20(27)15-5-9-25(10-6-15)17-7-11-26(12-8-17)21(28)16-3-4-19(23)18(22)13-16/h3-4,13-15,17H,5-12H2,1-2H3,(H,24,27). The molecule has 0 aliphatic carbocycles. The van der Waals surface area contributed by atoms with E-state index in [0.717, 1.165) is 38.8 Å². The monoisotopic (exact) mass is 409 g/mol. The number of piperidine rings is 2. The third-order valence-corrected chi connectivity index (χ3v) is 6.06. The Kier molecular flexibility index (Phi) is 6.94. The van der Waals surface area contributed by atoms with Crippen molar-refractivity contribution in [3.63, 3.8) is 0 Å². The van der Waals surface area contributed by atoms with Crippen molar-refractivity contribution in [3.05, 3.63) is 34.6 Å². The Morgan fingerprint density at radius 1 is 1.11 bits per heavy atom. The van der Waals surface area contributed by atoms with Crippen molar-refractivity contribution in [1.82, 2.24) is 15.1 Å². The first kappa shape index (κ1) is 21.1. The van der Waals surface area contributed by atoms with Gasteiger partial charge in [-0.3, -0.25) is 9.59 Å². The van der Waals surface area contributed by atoms with Gasteiger partial charge in [-0.05, 0) is 70.8 Å². The summed E-state index contributed by atoms with van der Waals surface area (Å²) >= 11 is 5.80. The van der Waals surface area contributed by atoms with Crippen LogP contribution in [0.25, 0.3) is 0 Å². The van der Waals surface area contributed by atoms with Crippen LogP contribution in [-0.4, -0.2) is 59.9 Å². The van der Waals surface area contributed by atoms with Crippen molar-refractivity contribution in [3.8, 4) is 0 Å². The maximum Gasteiger partial charge on any atom is 0.253 e. The van der Waals surface area contributed by atoms with Crippen molar-refractivity contribution in [2.45, 2.75) is 51.6 Å². The van der Waals surface area contributed by atoms with Crippen molar-refractivity contribution in [1.29, 1.82) is 0 Å². The van der Waals surface area contributed by atoms with Gasteiger partial charge in [-0.15, -0.1) is 0 Å². The highest BCUT2D eigenvalue weighted by molar-refractivity contribution is 6.31. The molecule has 154 valence electrons. The van der Waals surface area contributed by atoms with Crippen LogP contribution in [-0.2, 0) is 4.79 Å². The van der Waals surface area contributed by atoms with Gasteiger partial charge in [-0.1, -0.05) is 11.6 Å². The molecule has 0 aromatic heterocycles. The third kappa shape index (κ3) is 5.03.